The molecule has 4 rings (SSSR count). The van der Waals surface area contributed by atoms with Crippen LogP contribution in [0.15, 0.2) is 22.7 Å². The predicted octanol–water partition coefficient (Wildman–Crippen LogP) is 2.76. The molecule has 92 valence electrons. The third kappa shape index (κ3) is 1.24. The average molecular weight is 306 g/mol. The minimum atomic E-state index is -0.361. The largest absolute Gasteiger partial charge is 0.274 e. The van der Waals surface area contributed by atoms with Gasteiger partial charge in [0.05, 0.1) is 11.1 Å². The SMILES string of the molecule is O=C(C1CC1)N1C(=O)C2(CC2)c2ccc(Br)cc21. The van der Waals surface area contributed by atoms with E-state index in [-0.39, 0.29) is 23.1 Å². The van der Waals surface area contributed by atoms with E-state index < -0.39 is 0 Å². The molecule has 1 heterocycles. The van der Waals surface area contributed by atoms with Gasteiger partial charge in [-0.15, -0.1) is 0 Å². The highest BCUT2D eigenvalue weighted by molar-refractivity contribution is 9.10. The molecule has 2 fully saturated rings. The number of carbonyl (C=O) groups is 2. The molecule has 0 bridgehead atoms. The molecule has 2 amide bonds. The number of nitrogens with zero attached hydrogens (tertiary/aromatic N) is 1. The average Bonchev–Trinajstić information content (AvgIpc) is 3.22. The van der Waals surface area contributed by atoms with E-state index >= 15 is 0 Å². The van der Waals surface area contributed by atoms with Gasteiger partial charge in [0.25, 0.3) is 0 Å². The first-order chi connectivity index (χ1) is 8.63. The van der Waals surface area contributed by atoms with Crippen molar-refractivity contribution in [3.63, 3.8) is 0 Å². The normalized spacial score (nSPS) is 23.4. The molecule has 2 saturated carbocycles. The summed E-state index contributed by atoms with van der Waals surface area (Å²) in [6.45, 7) is 0. The van der Waals surface area contributed by atoms with E-state index in [4.69, 9.17) is 0 Å². The number of hydrogen-bond acceptors (Lipinski definition) is 2. The summed E-state index contributed by atoms with van der Waals surface area (Å²) in [5.41, 5.74) is 1.49. The van der Waals surface area contributed by atoms with Crippen LogP contribution in [0.25, 0.3) is 0 Å². The standard InChI is InChI=1S/C14H12BrNO2/c15-9-3-4-10-11(7-9)16(12(17)8-1-2-8)13(18)14(10)5-6-14/h3-4,7-8H,1-2,5-6H2. The van der Waals surface area contributed by atoms with Gasteiger partial charge in [-0.2, -0.15) is 0 Å². The molecule has 0 radical (unpaired) electrons. The molecular weight excluding hydrogens is 294 g/mol. The fourth-order valence-corrected chi connectivity index (χ4v) is 3.22. The van der Waals surface area contributed by atoms with Crippen molar-refractivity contribution in [2.75, 3.05) is 4.90 Å². The summed E-state index contributed by atoms with van der Waals surface area (Å²) in [4.78, 5) is 26.3. The van der Waals surface area contributed by atoms with Crippen LogP contribution in [0.2, 0.25) is 0 Å². The molecule has 1 aromatic rings. The second-order valence-corrected chi connectivity index (χ2v) is 6.41. The molecule has 3 aliphatic rings. The van der Waals surface area contributed by atoms with E-state index in [1.165, 1.54) is 4.90 Å². The van der Waals surface area contributed by atoms with Crippen LogP contribution >= 0.6 is 15.9 Å². The van der Waals surface area contributed by atoms with Crippen molar-refractivity contribution in [2.24, 2.45) is 5.92 Å². The Labute approximate surface area is 113 Å². The number of halogens is 1. The lowest BCUT2D eigenvalue weighted by molar-refractivity contribution is -0.127. The van der Waals surface area contributed by atoms with E-state index in [0.717, 1.165) is 41.4 Å². The number of benzene rings is 1. The van der Waals surface area contributed by atoms with Crippen molar-refractivity contribution in [1.82, 2.24) is 0 Å². The second-order valence-electron chi connectivity index (χ2n) is 5.50. The Bertz CT molecular complexity index is 587. The van der Waals surface area contributed by atoms with Crippen LogP contribution < -0.4 is 4.90 Å². The Morgan fingerprint density at radius 2 is 2.06 bits per heavy atom. The zero-order valence-corrected chi connectivity index (χ0v) is 11.4. The molecule has 0 aromatic heterocycles. The van der Waals surface area contributed by atoms with Crippen LogP contribution in [0, 0.1) is 5.92 Å². The minimum Gasteiger partial charge on any atom is -0.274 e. The summed E-state index contributed by atoms with van der Waals surface area (Å²) in [5, 5.41) is 0. The maximum Gasteiger partial charge on any atom is 0.244 e. The zero-order valence-electron chi connectivity index (χ0n) is 9.78. The van der Waals surface area contributed by atoms with Gasteiger partial charge in [-0.1, -0.05) is 22.0 Å². The van der Waals surface area contributed by atoms with Gasteiger partial charge in [0.1, 0.15) is 0 Å². The predicted molar refractivity (Wildman–Crippen MR) is 70.3 cm³/mol. The lowest BCUT2D eigenvalue weighted by atomic mass is 9.98. The maximum absolute atomic E-state index is 12.5. The van der Waals surface area contributed by atoms with Crippen molar-refractivity contribution < 1.29 is 9.59 Å². The van der Waals surface area contributed by atoms with Crippen molar-refractivity contribution >= 4 is 33.4 Å². The van der Waals surface area contributed by atoms with Gasteiger partial charge in [0.15, 0.2) is 0 Å². The Morgan fingerprint density at radius 3 is 2.67 bits per heavy atom. The number of fused-ring (bicyclic) bond motifs is 2. The lowest BCUT2D eigenvalue weighted by Gasteiger charge is -2.15. The highest BCUT2D eigenvalue weighted by Crippen LogP contribution is 2.58. The van der Waals surface area contributed by atoms with E-state index in [2.05, 4.69) is 15.9 Å². The van der Waals surface area contributed by atoms with E-state index in [1.807, 2.05) is 18.2 Å². The molecule has 2 aliphatic carbocycles. The maximum atomic E-state index is 12.5. The first-order valence-corrected chi connectivity index (χ1v) is 7.11. The highest BCUT2D eigenvalue weighted by Gasteiger charge is 2.61. The van der Waals surface area contributed by atoms with Gasteiger partial charge in [0, 0.05) is 10.4 Å². The fourth-order valence-electron chi connectivity index (χ4n) is 2.87. The third-order valence-corrected chi connectivity index (χ3v) is 4.72. The number of carbonyl (C=O) groups excluding carboxylic acids is 2. The minimum absolute atomic E-state index is 0.00289. The molecule has 4 heteroatoms. The van der Waals surface area contributed by atoms with E-state index in [1.54, 1.807) is 0 Å². The molecular formula is C14H12BrNO2. The molecule has 1 aromatic carbocycles. The molecule has 0 atom stereocenters. The Balaban J connectivity index is 1.87. The molecule has 18 heavy (non-hydrogen) atoms. The quantitative estimate of drug-likeness (QED) is 0.748. The van der Waals surface area contributed by atoms with Crippen molar-refractivity contribution in [3.8, 4) is 0 Å². The molecule has 0 unspecified atom stereocenters. The molecule has 1 aliphatic heterocycles. The summed E-state index contributed by atoms with van der Waals surface area (Å²) in [6.07, 6.45) is 3.63. The molecule has 3 nitrogen and oxygen atoms in total. The Kier molecular flexibility index (Phi) is 1.93. The van der Waals surface area contributed by atoms with Crippen molar-refractivity contribution in [1.29, 1.82) is 0 Å². The lowest BCUT2D eigenvalue weighted by Crippen LogP contribution is -2.38. The van der Waals surface area contributed by atoms with Crippen LogP contribution in [0.1, 0.15) is 31.2 Å². The summed E-state index contributed by atoms with van der Waals surface area (Å²) in [6, 6.07) is 5.85. The summed E-state index contributed by atoms with van der Waals surface area (Å²) in [5.74, 6) is 0.0882. The summed E-state index contributed by atoms with van der Waals surface area (Å²) < 4.78 is 0.917. The first kappa shape index (κ1) is 10.7. The molecule has 1 spiro atoms. The molecule has 0 saturated heterocycles. The van der Waals surface area contributed by atoms with Crippen LogP contribution in [0.4, 0.5) is 5.69 Å². The highest BCUT2D eigenvalue weighted by atomic mass is 79.9. The van der Waals surface area contributed by atoms with Crippen LogP contribution in [0.3, 0.4) is 0 Å². The fraction of sp³-hybridized carbons (Fsp3) is 0.429. The monoisotopic (exact) mass is 305 g/mol. The smallest absolute Gasteiger partial charge is 0.244 e. The number of hydrogen-bond donors (Lipinski definition) is 0. The summed E-state index contributed by atoms with van der Waals surface area (Å²) >= 11 is 3.42. The topological polar surface area (TPSA) is 37.4 Å². The zero-order chi connectivity index (χ0) is 12.5. The van der Waals surface area contributed by atoms with Crippen molar-refractivity contribution in [2.45, 2.75) is 31.1 Å². The summed E-state index contributed by atoms with van der Waals surface area (Å²) in [7, 11) is 0. The van der Waals surface area contributed by atoms with Crippen LogP contribution in [0.5, 0.6) is 0 Å². The van der Waals surface area contributed by atoms with E-state index in [9.17, 15) is 9.59 Å². The van der Waals surface area contributed by atoms with Crippen molar-refractivity contribution in [3.05, 3.63) is 28.2 Å². The number of anilines is 1. The van der Waals surface area contributed by atoms with Gasteiger partial charge >= 0.3 is 0 Å². The third-order valence-electron chi connectivity index (χ3n) is 4.23. The number of imide groups is 1. The first-order valence-electron chi connectivity index (χ1n) is 6.32. The van der Waals surface area contributed by atoms with Gasteiger partial charge in [-0.3, -0.25) is 9.59 Å². The number of amides is 2. The Hall–Kier alpha value is -1.16. The number of rotatable bonds is 1. The molecule has 0 N–H and O–H groups in total. The van der Waals surface area contributed by atoms with Crippen LogP contribution in [-0.4, -0.2) is 11.8 Å². The van der Waals surface area contributed by atoms with Gasteiger partial charge in [-0.25, -0.2) is 4.90 Å². The Morgan fingerprint density at radius 1 is 1.33 bits per heavy atom. The van der Waals surface area contributed by atoms with Gasteiger partial charge < -0.3 is 0 Å². The second kappa shape index (κ2) is 3.23. The van der Waals surface area contributed by atoms with E-state index in [0.29, 0.717) is 0 Å². The van der Waals surface area contributed by atoms with Gasteiger partial charge in [-0.05, 0) is 43.4 Å². The van der Waals surface area contributed by atoms with Crippen LogP contribution in [-0.2, 0) is 15.0 Å². The van der Waals surface area contributed by atoms with Gasteiger partial charge in [0.2, 0.25) is 11.8 Å².